The van der Waals surface area contributed by atoms with Crippen LogP contribution in [0.2, 0.25) is 5.15 Å². The quantitative estimate of drug-likeness (QED) is 0.764. The molecule has 0 spiro atoms. The molecule has 0 aliphatic carbocycles. The highest BCUT2D eigenvalue weighted by molar-refractivity contribution is 6.30. The molecular formula is C16H19ClN2. The van der Waals surface area contributed by atoms with Crippen molar-refractivity contribution in [2.75, 3.05) is 0 Å². The molecule has 1 aromatic heterocycles. The average molecular weight is 275 g/mol. The molecule has 1 heterocycles. The smallest absolute Gasteiger partial charge is 0.136 e. The van der Waals surface area contributed by atoms with E-state index in [1.807, 2.05) is 0 Å². The van der Waals surface area contributed by atoms with Crippen LogP contribution in [-0.4, -0.2) is 9.97 Å². The average Bonchev–Trinajstić information content (AvgIpc) is 2.38. The standard InChI is InChI=1S/C16H19ClN2/c1-4-14-15(18-10-19-16(14)17)13-7-5-6-12(9-13)8-11(2)3/h5-7,9-11H,4,8H2,1-3H3. The summed E-state index contributed by atoms with van der Waals surface area (Å²) >= 11 is 6.15. The Bertz CT molecular complexity index is 564. The van der Waals surface area contributed by atoms with E-state index in [0.717, 1.165) is 29.7 Å². The maximum absolute atomic E-state index is 6.15. The van der Waals surface area contributed by atoms with E-state index in [0.29, 0.717) is 11.1 Å². The summed E-state index contributed by atoms with van der Waals surface area (Å²) in [5.41, 5.74) is 4.43. The summed E-state index contributed by atoms with van der Waals surface area (Å²) in [4.78, 5) is 8.47. The Morgan fingerprint density at radius 1 is 1.21 bits per heavy atom. The predicted octanol–water partition coefficient (Wildman–Crippen LogP) is 4.56. The second-order valence-electron chi connectivity index (χ2n) is 5.14. The molecule has 0 saturated heterocycles. The monoisotopic (exact) mass is 274 g/mol. The van der Waals surface area contributed by atoms with Gasteiger partial charge in [0.2, 0.25) is 0 Å². The minimum absolute atomic E-state index is 0.557. The number of benzene rings is 1. The number of hydrogen-bond acceptors (Lipinski definition) is 2. The second kappa shape index (κ2) is 6.16. The molecule has 100 valence electrons. The van der Waals surface area contributed by atoms with Crippen LogP contribution >= 0.6 is 11.6 Å². The summed E-state index contributed by atoms with van der Waals surface area (Å²) in [7, 11) is 0. The first-order chi connectivity index (χ1) is 9.11. The summed E-state index contributed by atoms with van der Waals surface area (Å²) in [5, 5.41) is 0.557. The number of hydrogen-bond donors (Lipinski definition) is 0. The van der Waals surface area contributed by atoms with Gasteiger partial charge < -0.3 is 0 Å². The highest BCUT2D eigenvalue weighted by Crippen LogP contribution is 2.27. The lowest BCUT2D eigenvalue weighted by molar-refractivity contribution is 0.647. The van der Waals surface area contributed by atoms with Gasteiger partial charge in [0, 0.05) is 11.1 Å². The highest BCUT2D eigenvalue weighted by atomic mass is 35.5. The minimum atomic E-state index is 0.557. The third-order valence-corrected chi connectivity index (χ3v) is 3.42. The summed E-state index contributed by atoms with van der Waals surface area (Å²) in [5.74, 6) is 0.648. The zero-order valence-corrected chi connectivity index (χ0v) is 12.4. The van der Waals surface area contributed by atoms with Gasteiger partial charge in [-0.15, -0.1) is 0 Å². The molecular weight excluding hydrogens is 256 g/mol. The largest absolute Gasteiger partial charge is 0.236 e. The summed E-state index contributed by atoms with van der Waals surface area (Å²) in [6.45, 7) is 6.53. The van der Waals surface area contributed by atoms with Crippen molar-refractivity contribution in [3.05, 3.63) is 46.9 Å². The minimum Gasteiger partial charge on any atom is -0.236 e. The zero-order valence-electron chi connectivity index (χ0n) is 11.7. The fraction of sp³-hybridized carbons (Fsp3) is 0.375. The molecule has 0 radical (unpaired) electrons. The van der Waals surface area contributed by atoms with Gasteiger partial charge >= 0.3 is 0 Å². The van der Waals surface area contributed by atoms with Crippen LogP contribution in [0.1, 0.15) is 31.9 Å². The van der Waals surface area contributed by atoms with Crippen LogP contribution in [0, 0.1) is 5.92 Å². The van der Waals surface area contributed by atoms with Gasteiger partial charge in [-0.05, 0) is 30.4 Å². The fourth-order valence-electron chi connectivity index (χ4n) is 2.27. The first-order valence-corrected chi connectivity index (χ1v) is 7.08. The third kappa shape index (κ3) is 3.32. The van der Waals surface area contributed by atoms with Gasteiger partial charge in [0.15, 0.2) is 0 Å². The summed E-state index contributed by atoms with van der Waals surface area (Å²) in [6.07, 6.45) is 3.45. The van der Waals surface area contributed by atoms with Gasteiger partial charge in [-0.2, -0.15) is 0 Å². The molecule has 0 unspecified atom stereocenters. The van der Waals surface area contributed by atoms with Crippen molar-refractivity contribution in [2.45, 2.75) is 33.6 Å². The molecule has 0 amide bonds. The molecule has 0 saturated carbocycles. The van der Waals surface area contributed by atoms with Gasteiger partial charge in [-0.1, -0.05) is 50.6 Å². The van der Waals surface area contributed by atoms with Crippen LogP contribution in [0.4, 0.5) is 0 Å². The van der Waals surface area contributed by atoms with Gasteiger partial charge in [-0.25, -0.2) is 9.97 Å². The molecule has 19 heavy (non-hydrogen) atoms. The molecule has 0 aliphatic heterocycles. The SMILES string of the molecule is CCc1c(Cl)ncnc1-c1cccc(CC(C)C)c1. The lowest BCUT2D eigenvalue weighted by atomic mass is 9.98. The Morgan fingerprint density at radius 3 is 2.68 bits per heavy atom. The topological polar surface area (TPSA) is 25.8 Å². The molecule has 0 bridgehead atoms. The van der Waals surface area contributed by atoms with Gasteiger partial charge in [0.1, 0.15) is 11.5 Å². The Hall–Kier alpha value is -1.41. The highest BCUT2D eigenvalue weighted by Gasteiger charge is 2.10. The first kappa shape index (κ1) is 14.0. The maximum Gasteiger partial charge on any atom is 0.136 e. The lowest BCUT2D eigenvalue weighted by Crippen LogP contribution is -1.98. The van der Waals surface area contributed by atoms with Crippen LogP contribution in [0.3, 0.4) is 0 Å². The fourth-order valence-corrected chi connectivity index (χ4v) is 2.54. The molecule has 2 aromatic rings. The summed E-state index contributed by atoms with van der Waals surface area (Å²) < 4.78 is 0. The first-order valence-electron chi connectivity index (χ1n) is 6.70. The van der Waals surface area contributed by atoms with Crippen molar-refractivity contribution in [1.82, 2.24) is 9.97 Å². The van der Waals surface area contributed by atoms with E-state index >= 15 is 0 Å². The van der Waals surface area contributed by atoms with Crippen molar-refractivity contribution in [3.8, 4) is 11.3 Å². The Labute approximate surface area is 119 Å². The van der Waals surface area contributed by atoms with E-state index < -0.39 is 0 Å². The zero-order chi connectivity index (χ0) is 13.8. The maximum atomic E-state index is 6.15. The Kier molecular flexibility index (Phi) is 4.54. The van der Waals surface area contributed by atoms with Crippen LogP contribution in [0.25, 0.3) is 11.3 Å². The Morgan fingerprint density at radius 2 is 2.00 bits per heavy atom. The van der Waals surface area contributed by atoms with E-state index in [1.54, 1.807) is 0 Å². The van der Waals surface area contributed by atoms with Crippen molar-refractivity contribution < 1.29 is 0 Å². The molecule has 0 aliphatic rings. The molecule has 0 atom stereocenters. The number of rotatable bonds is 4. The summed E-state index contributed by atoms with van der Waals surface area (Å²) in [6, 6.07) is 8.54. The molecule has 0 N–H and O–H groups in total. The van der Waals surface area contributed by atoms with Crippen LogP contribution in [0.15, 0.2) is 30.6 Å². The third-order valence-electron chi connectivity index (χ3n) is 3.09. The van der Waals surface area contributed by atoms with Gasteiger partial charge in [0.05, 0.1) is 5.69 Å². The van der Waals surface area contributed by atoms with Crippen molar-refractivity contribution in [1.29, 1.82) is 0 Å². The normalized spacial score (nSPS) is 11.0. The van der Waals surface area contributed by atoms with Crippen molar-refractivity contribution >= 4 is 11.6 Å². The van der Waals surface area contributed by atoms with Crippen LogP contribution in [-0.2, 0) is 12.8 Å². The van der Waals surface area contributed by atoms with Crippen LogP contribution < -0.4 is 0 Å². The van der Waals surface area contributed by atoms with E-state index in [2.05, 4.69) is 55.0 Å². The molecule has 0 fully saturated rings. The van der Waals surface area contributed by atoms with Gasteiger partial charge in [-0.3, -0.25) is 0 Å². The number of halogens is 1. The second-order valence-corrected chi connectivity index (χ2v) is 5.50. The number of aromatic nitrogens is 2. The van der Waals surface area contributed by atoms with E-state index in [4.69, 9.17) is 11.6 Å². The van der Waals surface area contributed by atoms with Crippen LogP contribution in [0.5, 0.6) is 0 Å². The molecule has 2 nitrogen and oxygen atoms in total. The predicted molar refractivity (Wildman–Crippen MR) is 80.4 cm³/mol. The molecule has 3 heteroatoms. The number of nitrogens with zero attached hydrogens (tertiary/aromatic N) is 2. The van der Waals surface area contributed by atoms with Crippen molar-refractivity contribution in [2.24, 2.45) is 5.92 Å². The lowest BCUT2D eigenvalue weighted by Gasteiger charge is -2.10. The van der Waals surface area contributed by atoms with E-state index in [1.165, 1.54) is 11.9 Å². The van der Waals surface area contributed by atoms with Gasteiger partial charge in [0.25, 0.3) is 0 Å². The molecule has 2 rings (SSSR count). The molecule has 1 aromatic carbocycles. The Balaban J connectivity index is 2.44. The van der Waals surface area contributed by atoms with E-state index in [-0.39, 0.29) is 0 Å². The van der Waals surface area contributed by atoms with E-state index in [9.17, 15) is 0 Å². The van der Waals surface area contributed by atoms with Crippen molar-refractivity contribution in [3.63, 3.8) is 0 Å².